The van der Waals surface area contributed by atoms with Crippen molar-refractivity contribution in [1.82, 2.24) is 10.4 Å². The molecule has 1 unspecified atom stereocenters. The molecule has 1 fully saturated rings. The van der Waals surface area contributed by atoms with Gasteiger partial charge in [0.1, 0.15) is 0 Å². The molecule has 1 aliphatic rings. The Morgan fingerprint density at radius 3 is 2.62 bits per heavy atom. The molecule has 0 bridgehead atoms. The largest absolute Gasteiger partial charge is 0.428 e. The molecular formula is C4H8N2O2. The molecule has 0 aromatic carbocycles. The standard InChI is InChI=1S/C4H8N2O2/c1-3-6(2)5-4(7)8-3/h3H,1-2H3,(H,5,7). The van der Waals surface area contributed by atoms with Crippen LogP contribution in [0.4, 0.5) is 4.79 Å². The minimum Gasteiger partial charge on any atom is -0.428 e. The molecule has 1 saturated heterocycles. The molecule has 0 aliphatic carbocycles. The molecular weight excluding hydrogens is 108 g/mol. The normalized spacial score (nSPS) is 29.8. The summed E-state index contributed by atoms with van der Waals surface area (Å²) in [6.45, 7) is 1.79. The maximum atomic E-state index is 10.3. The van der Waals surface area contributed by atoms with Gasteiger partial charge in [0.2, 0.25) is 0 Å². The number of hydrogen-bond donors (Lipinski definition) is 1. The highest BCUT2D eigenvalue weighted by atomic mass is 16.6. The minimum atomic E-state index is -0.375. The molecule has 8 heavy (non-hydrogen) atoms. The first kappa shape index (κ1) is 5.37. The summed E-state index contributed by atoms with van der Waals surface area (Å²) < 4.78 is 4.65. The summed E-state index contributed by atoms with van der Waals surface area (Å²) in [4.78, 5) is 10.3. The Balaban J connectivity index is 2.51. The van der Waals surface area contributed by atoms with Crippen LogP contribution in [0.5, 0.6) is 0 Å². The van der Waals surface area contributed by atoms with E-state index in [0.29, 0.717) is 0 Å². The van der Waals surface area contributed by atoms with Crippen LogP contribution in [-0.2, 0) is 4.74 Å². The zero-order valence-electron chi connectivity index (χ0n) is 4.84. The summed E-state index contributed by atoms with van der Waals surface area (Å²) in [5.74, 6) is 0. The average molecular weight is 116 g/mol. The van der Waals surface area contributed by atoms with Gasteiger partial charge in [-0.2, -0.15) is 5.01 Å². The summed E-state index contributed by atoms with van der Waals surface area (Å²) in [5.41, 5.74) is 2.44. The van der Waals surface area contributed by atoms with E-state index >= 15 is 0 Å². The van der Waals surface area contributed by atoms with E-state index in [0.717, 1.165) is 0 Å². The van der Waals surface area contributed by atoms with Crippen molar-refractivity contribution in [3.8, 4) is 0 Å². The Morgan fingerprint density at radius 2 is 2.50 bits per heavy atom. The van der Waals surface area contributed by atoms with Gasteiger partial charge in [-0.1, -0.05) is 0 Å². The van der Waals surface area contributed by atoms with Crippen molar-refractivity contribution < 1.29 is 9.53 Å². The quantitative estimate of drug-likeness (QED) is 0.481. The summed E-state index contributed by atoms with van der Waals surface area (Å²) in [5, 5.41) is 1.60. The predicted molar refractivity (Wildman–Crippen MR) is 26.8 cm³/mol. The lowest BCUT2D eigenvalue weighted by Gasteiger charge is -2.08. The summed E-state index contributed by atoms with van der Waals surface area (Å²) in [6.07, 6.45) is -0.512. The molecule has 0 radical (unpaired) electrons. The number of hydrazine groups is 1. The Morgan fingerprint density at radius 1 is 1.88 bits per heavy atom. The maximum Gasteiger partial charge on any atom is 0.423 e. The molecule has 1 N–H and O–H groups in total. The molecule has 1 amide bonds. The third-order valence-corrected chi connectivity index (χ3v) is 1.09. The van der Waals surface area contributed by atoms with Crippen LogP contribution in [0.15, 0.2) is 0 Å². The van der Waals surface area contributed by atoms with Gasteiger partial charge in [-0.15, -0.1) is 0 Å². The zero-order valence-corrected chi connectivity index (χ0v) is 4.84. The van der Waals surface area contributed by atoms with Crippen LogP contribution in [0.25, 0.3) is 0 Å². The van der Waals surface area contributed by atoms with Crippen LogP contribution in [0.1, 0.15) is 6.92 Å². The van der Waals surface area contributed by atoms with Crippen molar-refractivity contribution in [3.63, 3.8) is 0 Å². The monoisotopic (exact) mass is 116 g/mol. The van der Waals surface area contributed by atoms with E-state index in [1.54, 1.807) is 19.0 Å². The topological polar surface area (TPSA) is 41.6 Å². The van der Waals surface area contributed by atoms with E-state index in [2.05, 4.69) is 10.2 Å². The number of ether oxygens (including phenoxy) is 1. The molecule has 0 aromatic rings. The molecule has 0 saturated carbocycles. The van der Waals surface area contributed by atoms with Crippen LogP contribution in [0.2, 0.25) is 0 Å². The molecule has 1 heterocycles. The van der Waals surface area contributed by atoms with Crippen LogP contribution in [0, 0.1) is 0 Å². The van der Waals surface area contributed by atoms with Crippen LogP contribution < -0.4 is 5.43 Å². The molecule has 0 spiro atoms. The van der Waals surface area contributed by atoms with E-state index in [1.165, 1.54) is 0 Å². The Bertz CT molecular complexity index is 103. The van der Waals surface area contributed by atoms with Crippen molar-refractivity contribution in [2.45, 2.75) is 13.2 Å². The van der Waals surface area contributed by atoms with Crippen molar-refractivity contribution in [2.24, 2.45) is 0 Å². The number of nitrogens with zero attached hydrogens (tertiary/aromatic N) is 1. The molecule has 1 atom stereocenters. The van der Waals surface area contributed by atoms with Crippen molar-refractivity contribution in [1.29, 1.82) is 0 Å². The molecule has 4 heteroatoms. The number of carbonyl (C=O) groups excluding carboxylic acids is 1. The maximum absolute atomic E-state index is 10.3. The summed E-state index contributed by atoms with van der Waals surface area (Å²) >= 11 is 0. The lowest BCUT2D eigenvalue weighted by molar-refractivity contribution is 0.0816. The molecule has 0 aromatic heterocycles. The van der Waals surface area contributed by atoms with Gasteiger partial charge in [0, 0.05) is 7.05 Å². The molecule has 4 nitrogen and oxygen atoms in total. The van der Waals surface area contributed by atoms with Gasteiger partial charge >= 0.3 is 6.09 Å². The SMILES string of the molecule is CC1OC(=O)NN1C. The van der Waals surface area contributed by atoms with E-state index in [1.807, 2.05) is 0 Å². The van der Waals surface area contributed by atoms with E-state index in [9.17, 15) is 4.79 Å². The van der Waals surface area contributed by atoms with E-state index in [4.69, 9.17) is 0 Å². The highest BCUT2D eigenvalue weighted by Gasteiger charge is 2.22. The summed E-state index contributed by atoms with van der Waals surface area (Å²) in [7, 11) is 1.75. The second-order valence-electron chi connectivity index (χ2n) is 1.73. The molecule has 46 valence electrons. The van der Waals surface area contributed by atoms with Gasteiger partial charge in [-0.05, 0) is 6.92 Å². The lowest BCUT2D eigenvalue weighted by atomic mass is 10.7. The second-order valence-corrected chi connectivity index (χ2v) is 1.73. The smallest absolute Gasteiger partial charge is 0.423 e. The second kappa shape index (κ2) is 1.63. The number of nitrogens with one attached hydrogen (secondary N) is 1. The van der Waals surface area contributed by atoms with Gasteiger partial charge in [-0.3, -0.25) is 5.43 Å². The van der Waals surface area contributed by atoms with Crippen LogP contribution >= 0.6 is 0 Å². The van der Waals surface area contributed by atoms with Gasteiger partial charge in [0.25, 0.3) is 0 Å². The van der Waals surface area contributed by atoms with Crippen molar-refractivity contribution in [3.05, 3.63) is 0 Å². The van der Waals surface area contributed by atoms with Crippen molar-refractivity contribution >= 4 is 6.09 Å². The first-order valence-electron chi connectivity index (χ1n) is 2.40. The zero-order chi connectivity index (χ0) is 6.15. The Hall–Kier alpha value is -0.770. The fraction of sp³-hybridized carbons (Fsp3) is 0.750. The average Bonchev–Trinajstić information content (AvgIpc) is 1.85. The van der Waals surface area contributed by atoms with Gasteiger partial charge < -0.3 is 4.74 Å². The number of rotatable bonds is 0. The first-order valence-corrected chi connectivity index (χ1v) is 2.40. The number of cyclic esters (lactones) is 1. The number of carbonyl (C=O) groups is 1. The highest BCUT2D eigenvalue weighted by Crippen LogP contribution is 2.01. The first-order chi connectivity index (χ1) is 3.70. The van der Waals surface area contributed by atoms with E-state index < -0.39 is 0 Å². The van der Waals surface area contributed by atoms with E-state index in [-0.39, 0.29) is 12.3 Å². The lowest BCUT2D eigenvalue weighted by Crippen LogP contribution is -2.32. The third kappa shape index (κ3) is 0.742. The highest BCUT2D eigenvalue weighted by molar-refractivity contribution is 5.68. The fourth-order valence-electron chi connectivity index (χ4n) is 0.495. The minimum absolute atomic E-state index is 0.137. The van der Waals surface area contributed by atoms with Crippen LogP contribution in [-0.4, -0.2) is 24.4 Å². The Kier molecular flexibility index (Phi) is 1.09. The molecule has 1 aliphatic heterocycles. The number of amides is 1. The number of hydrogen-bond acceptors (Lipinski definition) is 3. The fourth-order valence-corrected chi connectivity index (χ4v) is 0.495. The van der Waals surface area contributed by atoms with Crippen LogP contribution in [0.3, 0.4) is 0 Å². The van der Waals surface area contributed by atoms with Crippen molar-refractivity contribution in [2.75, 3.05) is 7.05 Å². The predicted octanol–water partition coefficient (Wildman–Crippen LogP) is -0.0810. The molecule has 1 rings (SSSR count). The van der Waals surface area contributed by atoms with Gasteiger partial charge in [0.05, 0.1) is 0 Å². The Labute approximate surface area is 47.4 Å². The third-order valence-electron chi connectivity index (χ3n) is 1.09. The van der Waals surface area contributed by atoms with Gasteiger partial charge in [0.15, 0.2) is 6.23 Å². The van der Waals surface area contributed by atoms with Gasteiger partial charge in [-0.25, -0.2) is 4.79 Å². The summed E-state index contributed by atoms with van der Waals surface area (Å²) in [6, 6.07) is 0.